The fraction of sp³-hybridized carbons (Fsp3) is 0.591. The molecule has 11 heteroatoms. The Balaban J connectivity index is 0.000000591. The van der Waals surface area contributed by atoms with Gasteiger partial charge in [-0.15, -0.1) is 0 Å². The van der Waals surface area contributed by atoms with Crippen molar-refractivity contribution in [2.24, 2.45) is 5.73 Å². The van der Waals surface area contributed by atoms with E-state index in [9.17, 15) is 4.79 Å². The molecule has 0 spiro atoms. The van der Waals surface area contributed by atoms with E-state index in [4.69, 9.17) is 39.7 Å². The van der Waals surface area contributed by atoms with E-state index >= 15 is 0 Å². The van der Waals surface area contributed by atoms with Gasteiger partial charge in [0.1, 0.15) is 6.61 Å². The number of nitrogens with two attached hydrogens (primary N) is 1. The molecule has 5 N–H and O–H groups in total. The Bertz CT molecular complexity index is 748. The number of amides is 1. The van der Waals surface area contributed by atoms with Crippen LogP contribution in [0.4, 0.5) is 0 Å². The monoisotopic (exact) mass is 469 g/mol. The minimum absolute atomic E-state index is 0.0183. The van der Waals surface area contributed by atoms with Gasteiger partial charge in [0.25, 0.3) is 17.8 Å². The van der Waals surface area contributed by atoms with Crippen LogP contribution in [0.5, 0.6) is 11.5 Å². The molecule has 2 aliphatic heterocycles. The Labute approximate surface area is 193 Å². The standard InChI is InChI=1S/C18H27N3O4.2C2H4O2/c1-23-17-10-13(4-5-16(17)25-9-6-19)18(22)20-14-11-24-12-15(14)21-7-2-3-8-21;2*1-2(3)4/h4-5,10,14-15H,2-3,6-9,11-12,19H2,1H3,(H,20,22);2*1H3,(H,3,4)/t14-,15-;;/m0../s1. The summed E-state index contributed by atoms with van der Waals surface area (Å²) in [6.45, 7) is 6.40. The molecule has 0 aliphatic carbocycles. The lowest BCUT2D eigenvalue weighted by molar-refractivity contribution is -0.135. The SMILES string of the molecule is CC(=O)O.CC(=O)O.COc1cc(C(=O)N[C@H]2COC[C@@H]2N2CCCC2)ccc1OCCN. The number of rotatable bonds is 7. The zero-order chi connectivity index (χ0) is 24.8. The summed E-state index contributed by atoms with van der Waals surface area (Å²) in [5.74, 6) is -0.674. The molecule has 11 nitrogen and oxygen atoms in total. The molecule has 0 unspecified atom stereocenters. The quantitative estimate of drug-likeness (QED) is 0.450. The fourth-order valence-corrected chi connectivity index (χ4v) is 3.46. The minimum Gasteiger partial charge on any atom is -0.493 e. The van der Waals surface area contributed by atoms with Gasteiger partial charge < -0.3 is 35.5 Å². The highest BCUT2D eigenvalue weighted by Crippen LogP contribution is 2.28. The van der Waals surface area contributed by atoms with Crippen LogP contribution < -0.4 is 20.5 Å². The average molecular weight is 470 g/mol. The van der Waals surface area contributed by atoms with Gasteiger partial charge >= 0.3 is 0 Å². The Morgan fingerprint density at radius 2 is 1.73 bits per heavy atom. The first-order chi connectivity index (χ1) is 15.7. The number of carbonyl (C=O) groups is 3. The number of carboxylic acid groups (broad SMARTS) is 2. The fourth-order valence-electron chi connectivity index (χ4n) is 3.46. The molecule has 186 valence electrons. The van der Waals surface area contributed by atoms with Crippen molar-refractivity contribution in [2.75, 3.05) is 46.6 Å². The normalized spacial score (nSPS) is 19.4. The maximum atomic E-state index is 12.7. The first-order valence-electron chi connectivity index (χ1n) is 10.7. The highest BCUT2D eigenvalue weighted by Gasteiger charge is 2.35. The first-order valence-corrected chi connectivity index (χ1v) is 10.7. The van der Waals surface area contributed by atoms with Crippen LogP contribution in [0.1, 0.15) is 37.0 Å². The molecule has 2 atom stereocenters. The van der Waals surface area contributed by atoms with E-state index in [1.54, 1.807) is 25.3 Å². The number of ether oxygens (including phenoxy) is 3. The second-order valence-corrected chi connectivity index (χ2v) is 7.47. The van der Waals surface area contributed by atoms with Crippen molar-refractivity contribution < 1.29 is 38.8 Å². The zero-order valence-electron chi connectivity index (χ0n) is 19.4. The maximum Gasteiger partial charge on any atom is 0.300 e. The van der Waals surface area contributed by atoms with Crippen LogP contribution in [0.25, 0.3) is 0 Å². The number of likely N-dealkylation sites (tertiary alicyclic amines) is 1. The highest BCUT2D eigenvalue weighted by atomic mass is 16.5. The molecule has 2 heterocycles. The third-order valence-corrected chi connectivity index (χ3v) is 4.78. The average Bonchev–Trinajstić information content (AvgIpc) is 3.43. The number of methoxy groups -OCH3 is 1. The molecule has 1 aromatic carbocycles. The number of carbonyl (C=O) groups excluding carboxylic acids is 1. The van der Waals surface area contributed by atoms with Crippen molar-refractivity contribution in [1.82, 2.24) is 10.2 Å². The first kappa shape index (κ1) is 28.1. The summed E-state index contributed by atoms with van der Waals surface area (Å²) in [5, 5.41) is 17.9. The van der Waals surface area contributed by atoms with Crippen LogP contribution in [-0.4, -0.2) is 91.6 Å². The number of hydrogen-bond donors (Lipinski definition) is 4. The predicted molar refractivity (Wildman–Crippen MR) is 121 cm³/mol. The molecule has 1 amide bonds. The third kappa shape index (κ3) is 10.5. The largest absolute Gasteiger partial charge is 0.493 e. The van der Waals surface area contributed by atoms with Crippen molar-refractivity contribution in [2.45, 2.75) is 38.8 Å². The number of aliphatic carboxylic acids is 2. The number of nitrogens with zero attached hydrogens (tertiary/aromatic N) is 1. The van der Waals surface area contributed by atoms with Gasteiger partial charge in [0.05, 0.1) is 32.4 Å². The molecule has 0 aromatic heterocycles. The van der Waals surface area contributed by atoms with Gasteiger partial charge in [0, 0.05) is 26.0 Å². The lowest BCUT2D eigenvalue weighted by atomic mass is 10.1. The van der Waals surface area contributed by atoms with E-state index in [1.165, 1.54) is 12.8 Å². The number of carboxylic acids is 2. The maximum absolute atomic E-state index is 12.7. The third-order valence-electron chi connectivity index (χ3n) is 4.78. The molecular formula is C22H35N3O8. The van der Waals surface area contributed by atoms with Crippen LogP contribution >= 0.6 is 0 Å². The Morgan fingerprint density at radius 3 is 2.27 bits per heavy atom. The molecule has 2 fully saturated rings. The molecule has 2 aliphatic rings. The lowest BCUT2D eigenvalue weighted by Gasteiger charge is -2.28. The number of nitrogens with one attached hydrogen (secondary N) is 1. The highest BCUT2D eigenvalue weighted by molar-refractivity contribution is 5.95. The Morgan fingerprint density at radius 1 is 1.12 bits per heavy atom. The molecule has 0 radical (unpaired) electrons. The topological polar surface area (TPSA) is 161 Å². The smallest absolute Gasteiger partial charge is 0.300 e. The Kier molecular flexibility index (Phi) is 12.8. The molecule has 0 bridgehead atoms. The van der Waals surface area contributed by atoms with E-state index in [0.29, 0.717) is 43.4 Å². The van der Waals surface area contributed by atoms with Crippen molar-refractivity contribution in [3.63, 3.8) is 0 Å². The van der Waals surface area contributed by atoms with Crippen molar-refractivity contribution in [3.8, 4) is 11.5 Å². The van der Waals surface area contributed by atoms with E-state index in [2.05, 4.69) is 10.2 Å². The predicted octanol–water partition coefficient (Wildman–Crippen LogP) is 0.808. The molecule has 33 heavy (non-hydrogen) atoms. The summed E-state index contributed by atoms with van der Waals surface area (Å²) in [6.07, 6.45) is 2.44. The molecule has 1 aromatic rings. The van der Waals surface area contributed by atoms with E-state index in [0.717, 1.165) is 26.9 Å². The summed E-state index contributed by atoms with van der Waals surface area (Å²) >= 11 is 0. The summed E-state index contributed by atoms with van der Waals surface area (Å²) in [5.41, 5.74) is 6.00. The number of benzene rings is 1. The van der Waals surface area contributed by atoms with Crippen molar-refractivity contribution in [3.05, 3.63) is 23.8 Å². The van der Waals surface area contributed by atoms with Crippen molar-refractivity contribution in [1.29, 1.82) is 0 Å². The van der Waals surface area contributed by atoms with E-state index < -0.39 is 11.9 Å². The summed E-state index contributed by atoms with van der Waals surface area (Å²) in [6, 6.07) is 5.46. The van der Waals surface area contributed by atoms with Gasteiger partial charge in [-0.05, 0) is 44.1 Å². The second kappa shape index (κ2) is 15.0. The van der Waals surface area contributed by atoms with Crippen LogP contribution in [0.15, 0.2) is 18.2 Å². The van der Waals surface area contributed by atoms with Gasteiger partial charge in [-0.1, -0.05) is 0 Å². The van der Waals surface area contributed by atoms with E-state index in [1.807, 2.05) is 0 Å². The summed E-state index contributed by atoms with van der Waals surface area (Å²) < 4.78 is 16.5. The van der Waals surface area contributed by atoms with Gasteiger partial charge in [-0.3, -0.25) is 19.3 Å². The molecule has 3 rings (SSSR count). The number of hydrogen-bond acceptors (Lipinski definition) is 8. The lowest BCUT2D eigenvalue weighted by Crippen LogP contribution is -2.50. The molecule has 2 saturated heterocycles. The molecule has 0 saturated carbocycles. The summed E-state index contributed by atoms with van der Waals surface area (Å²) in [7, 11) is 1.56. The van der Waals surface area contributed by atoms with Crippen LogP contribution in [0.2, 0.25) is 0 Å². The minimum atomic E-state index is -0.833. The van der Waals surface area contributed by atoms with Gasteiger partial charge in [0.2, 0.25) is 0 Å². The second-order valence-electron chi connectivity index (χ2n) is 7.47. The molecular weight excluding hydrogens is 434 g/mol. The van der Waals surface area contributed by atoms with Crippen LogP contribution in [0.3, 0.4) is 0 Å². The van der Waals surface area contributed by atoms with E-state index in [-0.39, 0.29) is 18.0 Å². The van der Waals surface area contributed by atoms with Gasteiger partial charge in [-0.25, -0.2) is 0 Å². The van der Waals surface area contributed by atoms with Crippen LogP contribution in [0, 0.1) is 0 Å². The van der Waals surface area contributed by atoms with Crippen molar-refractivity contribution >= 4 is 17.8 Å². The Hall–Kier alpha value is -2.89. The van der Waals surface area contributed by atoms with Gasteiger partial charge in [0.15, 0.2) is 11.5 Å². The van der Waals surface area contributed by atoms with Gasteiger partial charge in [-0.2, -0.15) is 0 Å². The van der Waals surface area contributed by atoms with Crippen LogP contribution in [-0.2, 0) is 14.3 Å². The summed E-state index contributed by atoms with van der Waals surface area (Å²) in [4.78, 5) is 33.1. The zero-order valence-corrected chi connectivity index (χ0v) is 19.4.